The zero-order valence-electron chi connectivity index (χ0n) is 15.4. The molecule has 1 heterocycles. The zero-order valence-corrected chi connectivity index (χ0v) is 16.2. The predicted molar refractivity (Wildman–Crippen MR) is 101 cm³/mol. The summed E-state index contributed by atoms with van der Waals surface area (Å²) in [4.78, 5) is 14.5. The van der Waals surface area contributed by atoms with Gasteiger partial charge in [0, 0.05) is 20.1 Å². The van der Waals surface area contributed by atoms with Crippen LogP contribution in [0.2, 0.25) is 0 Å². The van der Waals surface area contributed by atoms with Gasteiger partial charge in [-0.2, -0.15) is 4.31 Å². The van der Waals surface area contributed by atoms with Crippen molar-refractivity contribution in [1.82, 2.24) is 9.21 Å². The summed E-state index contributed by atoms with van der Waals surface area (Å²) in [7, 11) is -2.16. The summed E-state index contributed by atoms with van der Waals surface area (Å²) in [6.07, 6.45) is 1.10. The Morgan fingerprint density at radius 1 is 1.15 bits per heavy atom. The minimum atomic E-state index is -3.84. The third-order valence-corrected chi connectivity index (χ3v) is 6.75. The first-order chi connectivity index (χ1) is 12.8. The van der Waals surface area contributed by atoms with Crippen molar-refractivity contribution in [1.29, 1.82) is 0 Å². The molecule has 1 amide bonds. The van der Waals surface area contributed by atoms with Crippen LogP contribution in [0.25, 0.3) is 0 Å². The van der Waals surface area contributed by atoms with Gasteiger partial charge in [0.05, 0.1) is 4.90 Å². The molecule has 1 atom stereocenters. The molecular weight excluding hydrogens is 367 g/mol. The monoisotopic (exact) mass is 390 g/mol. The fourth-order valence-corrected chi connectivity index (χ4v) is 4.97. The van der Waals surface area contributed by atoms with E-state index in [1.54, 1.807) is 11.9 Å². The summed E-state index contributed by atoms with van der Waals surface area (Å²) in [6, 6.07) is 11.9. The number of benzene rings is 2. The fourth-order valence-electron chi connectivity index (χ4n) is 3.32. The Morgan fingerprint density at radius 3 is 2.41 bits per heavy atom. The van der Waals surface area contributed by atoms with E-state index in [0.717, 1.165) is 23.3 Å². The molecule has 2 aromatic carbocycles. The van der Waals surface area contributed by atoms with E-state index < -0.39 is 21.9 Å². The van der Waals surface area contributed by atoms with Crippen LogP contribution in [0.15, 0.2) is 53.4 Å². The molecule has 7 heteroatoms. The molecule has 144 valence electrons. The summed E-state index contributed by atoms with van der Waals surface area (Å²) in [5, 5.41) is 0. The molecule has 1 aliphatic rings. The third kappa shape index (κ3) is 4.20. The van der Waals surface area contributed by atoms with Gasteiger partial charge in [0.25, 0.3) is 0 Å². The summed E-state index contributed by atoms with van der Waals surface area (Å²) < 4.78 is 40.2. The Bertz CT molecular complexity index is 911. The minimum Gasteiger partial charge on any atom is -0.340 e. The Balaban J connectivity index is 1.77. The van der Waals surface area contributed by atoms with Gasteiger partial charge in [-0.3, -0.25) is 4.79 Å². The van der Waals surface area contributed by atoms with Crippen molar-refractivity contribution in [2.75, 3.05) is 13.6 Å². The molecule has 0 radical (unpaired) electrons. The lowest BCUT2D eigenvalue weighted by atomic mass is 10.1. The lowest BCUT2D eigenvalue weighted by Gasteiger charge is -2.27. The van der Waals surface area contributed by atoms with Gasteiger partial charge >= 0.3 is 0 Å². The summed E-state index contributed by atoms with van der Waals surface area (Å²) in [6.45, 7) is 2.70. The lowest BCUT2D eigenvalue weighted by Crippen LogP contribution is -2.46. The van der Waals surface area contributed by atoms with Crippen LogP contribution in [-0.4, -0.2) is 43.2 Å². The molecular formula is C20H23FN2O3S. The zero-order chi connectivity index (χ0) is 19.6. The average molecular weight is 390 g/mol. The van der Waals surface area contributed by atoms with Crippen molar-refractivity contribution in [3.63, 3.8) is 0 Å². The van der Waals surface area contributed by atoms with E-state index in [4.69, 9.17) is 0 Å². The Labute approximate surface area is 159 Å². The maximum atomic E-state index is 13.1. The first-order valence-corrected chi connectivity index (χ1v) is 10.3. The molecule has 0 aliphatic carbocycles. The van der Waals surface area contributed by atoms with Crippen LogP contribution in [0.5, 0.6) is 0 Å². The largest absolute Gasteiger partial charge is 0.340 e. The molecule has 0 spiro atoms. The molecule has 1 fully saturated rings. The van der Waals surface area contributed by atoms with Gasteiger partial charge in [-0.15, -0.1) is 0 Å². The highest BCUT2D eigenvalue weighted by Crippen LogP contribution is 2.27. The molecule has 1 unspecified atom stereocenters. The Morgan fingerprint density at radius 2 is 1.78 bits per heavy atom. The maximum Gasteiger partial charge on any atom is 0.243 e. The number of halogens is 1. The Kier molecular flexibility index (Phi) is 5.62. The van der Waals surface area contributed by atoms with Gasteiger partial charge in [-0.25, -0.2) is 12.8 Å². The fraction of sp³-hybridized carbons (Fsp3) is 0.350. The van der Waals surface area contributed by atoms with Crippen LogP contribution < -0.4 is 0 Å². The SMILES string of the molecule is Cc1ccc(CN(C)C(=O)C2CCCN2S(=O)(=O)c2ccc(F)cc2)cc1. The third-order valence-electron chi connectivity index (χ3n) is 4.83. The van der Waals surface area contributed by atoms with Crippen LogP contribution in [0.3, 0.4) is 0 Å². The average Bonchev–Trinajstić information content (AvgIpc) is 3.14. The smallest absolute Gasteiger partial charge is 0.243 e. The summed E-state index contributed by atoms with van der Waals surface area (Å²) in [5.74, 6) is -0.723. The second-order valence-corrected chi connectivity index (χ2v) is 8.80. The molecule has 3 rings (SSSR count). The van der Waals surface area contributed by atoms with Gasteiger partial charge in [0.15, 0.2) is 0 Å². The first kappa shape index (κ1) is 19.5. The van der Waals surface area contributed by atoms with E-state index >= 15 is 0 Å². The molecule has 1 aliphatic heterocycles. The van der Waals surface area contributed by atoms with E-state index in [1.807, 2.05) is 31.2 Å². The number of carbonyl (C=O) groups is 1. The van der Waals surface area contributed by atoms with Gasteiger partial charge in [-0.05, 0) is 49.6 Å². The van der Waals surface area contributed by atoms with E-state index in [2.05, 4.69) is 0 Å². The Hall–Kier alpha value is -2.25. The minimum absolute atomic E-state index is 0.00443. The number of hydrogen-bond donors (Lipinski definition) is 0. The number of sulfonamides is 1. The van der Waals surface area contributed by atoms with Crippen LogP contribution in [0, 0.1) is 12.7 Å². The topological polar surface area (TPSA) is 57.7 Å². The number of likely N-dealkylation sites (N-methyl/N-ethyl adjacent to an activating group) is 1. The summed E-state index contributed by atoms with van der Waals surface area (Å²) in [5.41, 5.74) is 2.13. The van der Waals surface area contributed by atoms with Crippen molar-refractivity contribution >= 4 is 15.9 Å². The number of hydrogen-bond acceptors (Lipinski definition) is 3. The van der Waals surface area contributed by atoms with E-state index in [1.165, 1.54) is 16.4 Å². The quantitative estimate of drug-likeness (QED) is 0.789. The molecule has 0 bridgehead atoms. The van der Waals surface area contributed by atoms with Crippen molar-refractivity contribution in [2.24, 2.45) is 0 Å². The van der Waals surface area contributed by atoms with Crippen molar-refractivity contribution in [3.05, 3.63) is 65.5 Å². The van der Waals surface area contributed by atoms with Crippen LogP contribution in [0.1, 0.15) is 24.0 Å². The van der Waals surface area contributed by atoms with Crippen molar-refractivity contribution in [3.8, 4) is 0 Å². The van der Waals surface area contributed by atoms with Gasteiger partial charge in [0.1, 0.15) is 11.9 Å². The molecule has 0 saturated carbocycles. The normalized spacial score (nSPS) is 17.8. The number of amides is 1. The maximum absolute atomic E-state index is 13.1. The molecule has 27 heavy (non-hydrogen) atoms. The highest BCUT2D eigenvalue weighted by atomic mass is 32.2. The number of nitrogens with zero attached hydrogens (tertiary/aromatic N) is 2. The second-order valence-electron chi connectivity index (χ2n) is 6.91. The predicted octanol–water partition coefficient (Wildman–Crippen LogP) is 2.95. The van der Waals surface area contributed by atoms with Crippen LogP contribution in [-0.2, 0) is 21.4 Å². The number of aryl methyl sites for hydroxylation is 1. The molecule has 1 saturated heterocycles. The lowest BCUT2D eigenvalue weighted by molar-refractivity contribution is -0.133. The molecule has 0 aromatic heterocycles. The summed E-state index contributed by atoms with van der Waals surface area (Å²) >= 11 is 0. The highest BCUT2D eigenvalue weighted by molar-refractivity contribution is 7.89. The van der Waals surface area contributed by atoms with Gasteiger partial charge in [0.2, 0.25) is 15.9 Å². The first-order valence-electron chi connectivity index (χ1n) is 8.87. The van der Waals surface area contributed by atoms with Crippen molar-refractivity contribution in [2.45, 2.75) is 37.2 Å². The van der Waals surface area contributed by atoms with E-state index in [-0.39, 0.29) is 17.3 Å². The second kappa shape index (κ2) is 7.78. The standard InChI is InChI=1S/C20H23FN2O3S/c1-15-5-7-16(8-6-15)14-22(2)20(24)19-4-3-13-23(19)27(25,26)18-11-9-17(21)10-12-18/h5-12,19H,3-4,13-14H2,1-2H3. The van der Waals surface area contributed by atoms with Gasteiger partial charge in [-0.1, -0.05) is 29.8 Å². The van der Waals surface area contributed by atoms with Gasteiger partial charge < -0.3 is 4.90 Å². The molecule has 2 aromatic rings. The van der Waals surface area contributed by atoms with Crippen LogP contribution in [0.4, 0.5) is 4.39 Å². The number of rotatable bonds is 5. The molecule has 5 nitrogen and oxygen atoms in total. The van der Waals surface area contributed by atoms with Crippen LogP contribution >= 0.6 is 0 Å². The molecule has 0 N–H and O–H groups in total. The number of carbonyl (C=O) groups excluding carboxylic acids is 1. The van der Waals surface area contributed by atoms with E-state index in [9.17, 15) is 17.6 Å². The van der Waals surface area contributed by atoms with E-state index in [0.29, 0.717) is 19.4 Å². The van der Waals surface area contributed by atoms with Crippen molar-refractivity contribution < 1.29 is 17.6 Å². The highest BCUT2D eigenvalue weighted by Gasteiger charge is 2.40.